The van der Waals surface area contributed by atoms with Crippen molar-refractivity contribution < 1.29 is 19.4 Å². The number of hydrogen-bond acceptors (Lipinski definition) is 5. The normalized spacial score (nSPS) is 16.9. The van der Waals surface area contributed by atoms with E-state index in [1.165, 1.54) is 4.90 Å². The Morgan fingerprint density at radius 1 is 1.18 bits per heavy atom. The molecule has 1 aromatic heterocycles. The minimum absolute atomic E-state index is 0.128. The van der Waals surface area contributed by atoms with Gasteiger partial charge in [-0.1, -0.05) is 49.7 Å². The lowest BCUT2D eigenvalue weighted by atomic mass is 9.93. The number of carbonyl (C=O) groups excluding carboxylic acids is 1. The van der Waals surface area contributed by atoms with Gasteiger partial charge in [0.15, 0.2) is 5.75 Å². The van der Waals surface area contributed by atoms with Gasteiger partial charge in [0.25, 0.3) is 5.91 Å². The Bertz CT molecular complexity index is 1650. The van der Waals surface area contributed by atoms with E-state index in [9.17, 15) is 14.7 Å². The van der Waals surface area contributed by atoms with E-state index in [-0.39, 0.29) is 38.1 Å². The largest absolute Gasteiger partial charge is 0.489 e. The van der Waals surface area contributed by atoms with Crippen LogP contribution in [0.15, 0.2) is 48.7 Å². The van der Waals surface area contributed by atoms with Crippen molar-refractivity contribution in [1.82, 2.24) is 20.0 Å². The SMILES string of the molecule is Cc1ccc2[nH]ncc2c1-c1cc(Nc2ccccc2C(C)C)c2c(c1Cl)OCC1CN(C(=O)O)CCN1C2=O. The Balaban J connectivity index is 1.56. The first-order chi connectivity index (χ1) is 19.2. The van der Waals surface area contributed by atoms with E-state index in [1.807, 2.05) is 43.3 Å². The molecule has 2 aliphatic heterocycles. The lowest BCUT2D eigenvalue weighted by Gasteiger charge is -2.38. The third-order valence-corrected chi connectivity index (χ3v) is 8.20. The molecule has 3 aromatic carbocycles. The molecule has 6 rings (SSSR count). The van der Waals surface area contributed by atoms with Crippen molar-refractivity contribution >= 4 is 45.9 Å². The first kappa shape index (κ1) is 26.0. The molecular formula is C30H30ClN5O4. The Labute approximate surface area is 236 Å². The fourth-order valence-corrected chi connectivity index (χ4v) is 6.07. The average molecular weight is 560 g/mol. The third-order valence-electron chi connectivity index (χ3n) is 7.82. The van der Waals surface area contributed by atoms with Gasteiger partial charge in [-0.3, -0.25) is 9.89 Å². The van der Waals surface area contributed by atoms with E-state index in [0.717, 1.165) is 33.3 Å². The van der Waals surface area contributed by atoms with Crippen LogP contribution < -0.4 is 10.1 Å². The maximum Gasteiger partial charge on any atom is 0.407 e. The highest BCUT2D eigenvalue weighted by Crippen LogP contribution is 2.47. The number of carbonyl (C=O) groups is 2. The maximum atomic E-state index is 14.2. The van der Waals surface area contributed by atoms with Gasteiger partial charge in [0.05, 0.1) is 28.5 Å². The number of ether oxygens (including phenoxy) is 1. The second kappa shape index (κ2) is 10.1. The van der Waals surface area contributed by atoms with Crippen LogP contribution in [0.2, 0.25) is 5.02 Å². The van der Waals surface area contributed by atoms with Crippen LogP contribution in [0.3, 0.4) is 0 Å². The van der Waals surface area contributed by atoms with E-state index in [0.29, 0.717) is 27.6 Å². The number of piperazine rings is 1. The van der Waals surface area contributed by atoms with Crippen LogP contribution in [0.1, 0.15) is 41.3 Å². The van der Waals surface area contributed by atoms with Crippen LogP contribution in [0.4, 0.5) is 16.2 Å². The summed E-state index contributed by atoms with van der Waals surface area (Å²) in [5, 5.41) is 21.6. The maximum absolute atomic E-state index is 14.2. The van der Waals surface area contributed by atoms with Crippen LogP contribution in [-0.4, -0.2) is 69.4 Å². The van der Waals surface area contributed by atoms with Crippen LogP contribution in [0, 0.1) is 6.92 Å². The summed E-state index contributed by atoms with van der Waals surface area (Å²) in [4.78, 5) is 28.9. The monoisotopic (exact) mass is 559 g/mol. The van der Waals surface area contributed by atoms with E-state index in [4.69, 9.17) is 16.3 Å². The van der Waals surface area contributed by atoms with Gasteiger partial charge in [-0.2, -0.15) is 5.10 Å². The Morgan fingerprint density at radius 2 is 1.98 bits per heavy atom. The summed E-state index contributed by atoms with van der Waals surface area (Å²) in [6.45, 7) is 7.06. The summed E-state index contributed by atoms with van der Waals surface area (Å²) in [6, 6.07) is 13.5. The molecule has 0 spiro atoms. The molecule has 2 aliphatic rings. The number of halogens is 1. The summed E-state index contributed by atoms with van der Waals surface area (Å²) >= 11 is 7.11. The van der Waals surface area contributed by atoms with Crippen molar-refractivity contribution in [2.75, 3.05) is 31.6 Å². The summed E-state index contributed by atoms with van der Waals surface area (Å²) in [5.74, 6) is 0.306. The molecule has 0 aliphatic carbocycles. The molecule has 1 fully saturated rings. The average Bonchev–Trinajstić information content (AvgIpc) is 3.36. The van der Waals surface area contributed by atoms with Gasteiger partial charge < -0.3 is 25.0 Å². The number of benzene rings is 3. The zero-order chi connectivity index (χ0) is 28.1. The highest BCUT2D eigenvalue weighted by atomic mass is 35.5. The number of rotatable bonds is 4. The number of fused-ring (bicyclic) bond motifs is 3. The predicted molar refractivity (Wildman–Crippen MR) is 155 cm³/mol. The fourth-order valence-electron chi connectivity index (χ4n) is 5.77. The molecule has 1 unspecified atom stereocenters. The van der Waals surface area contributed by atoms with Gasteiger partial charge in [-0.15, -0.1) is 0 Å². The molecule has 0 bridgehead atoms. The second-order valence-corrected chi connectivity index (χ2v) is 11.0. The first-order valence-electron chi connectivity index (χ1n) is 13.3. The van der Waals surface area contributed by atoms with Crippen LogP contribution in [0.25, 0.3) is 22.0 Å². The summed E-state index contributed by atoms with van der Waals surface area (Å²) < 4.78 is 6.32. The van der Waals surface area contributed by atoms with E-state index < -0.39 is 12.1 Å². The quantitative estimate of drug-likeness (QED) is 0.272. The number of aromatic amines is 1. The molecule has 10 heteroatoms. The lowest BCUT2D eigenvalue weighted by Crippen LogP contribution is -2.57. The zero-order valence-corrected chi connectivity index (χ0v) is 23.2. The van der Waals surface area contributed by atoms with Gasteiger partial charge in [0, 0.05) is 36.3 Å². The molecule has 3 N–H and O–H groups in total. The molecule has 2 amide bonds. The van der Waals surface area contributed by atoms with Crippen molar-refractivity contribution in [2.45, 2.75) is 32.7 Å². The number of nitrogens with zero attached hydrogens (tertiary/aromatic N) is 3. The van der Waals surface area contributed by atoms with Gasteiger partial charge in [0.1, 0.15) is 12.2 Å². The van der Waals surface area contributed by atoms with Gasteiger partial charge in [-0.25, -0.2) is 4.79 Å². The van der Waals surface area contributed by atoms with Crippen molar-refractivity contribution in [3.05, 3.63) is 70.4 Å². The third kappa shape index (κ3) is 4.30. The minimum atomic E-state index is -1.01. The number of hydrogen-bond donors (Lipinski definition) is 3. The predicted octanol–water partition coefficient (Wildman–Crippen LogP) is 6.26. The summed E-state index contributed by atoms with van der Waals surface area (Å²) in [5.41, 5.74) is 6.40. The Hall–Kier alpha value is -4.24. The van der Waals surface area contributed by atoms with Crippen LogP contribution in [0.5, 0.6) is 5.75 Å². The Kier molecular flexibility index (Phi) is 6.54. The number of aryl methyl sites for hydroxylation is 1. The fraction of sp³-hybridized carbons (Fsp3) is 0.300. The molecule has 40 heavy (non-hydrogen) atoms. The van der Waals surface area contributed by atoms with Gasteiger partial charge >= 0.3 is 6.09 Å². The summed E-state index contributed by atoms with van der Waals surface area (Å²) in [7, 11) is 0. The standard InChI is InChI=1S/C30H30ClN5O4/c1-16(2)19-6-4-5-7-22(19)33-24-12-20(25-17(3)8-9-23-21(25)13-32-34-23)27(31)28-26(24)29(37)36-11-10-35(30(38)39)14-18(36)15-40-28/h4-9,12-13,16,18,33H,10-11,14-15H2,1-3H3,(H,32,34)(H,38,39). The number of amides is 2. The van der Waals surface area contributed by atoms with E-state index in [1.54, 1.807) is 11.1 Å². The lowest BCUT2D eigenvalue weighted by molar-refractivity contribution is 0.0390. The number of carboxylic acid groups (broad SMARTS) is 1. The van der Waals surface area contributed by atoms with Crippen molar-refractivity contribution in [1.29, 1.82) is 0 Å². The van der Waals surface area contributed by atoms with Crippen LogP contribution >= 0.6 is 11.6 Å². The number of aromatic nitrogens is 2. The van der Waals surface area contributed by atoms with Crippen LogP contribution in [-0.2, 0) is 0 Å². The number of anilines is 2. The molecule has 0 radical (unpaired) electrons. The molecule has 0 saturated carbocycles. The number of H-pyrrole nitrogens is 1. The van der Waals surface area contributed by atoms with Crippen molar-refractivity contribution in [3.8, 4) is 16.9 Å². The smallest absolute Gasteiger partial charge is 0.407 e. The molecular weight excluding hydrogens is 530 g/mol. The van der Waals surface area contributed by atoms with E-state index in [2.05, 4.69) is 35.4 Å². The second-order valence-electron chi connectivity index (χ2n) is 10.6. The van der Waals surface area contributed by atoms with Gasteiger partial charge in [-0.05, 0) is 47.7 Å². The van der Waals surface area contributed by atoms with E-state index >= 15 is 0 Å². The van der Waals surface area contributed by atoms with Crippen molar-refractivity contribution in [2.24, 2.45) is 0 Å². The Morgan fingerprint density at radius 3 is 2.75 bits per heavy atom. The molecule has 4 aromatic rings. The highest BCUT2D eigenvalue weighted by Gasteiger charge is 2.39. The van der Waals surface area contributed by atoms with Crippen molar-refractivity contribution in [3.63, 3.8) is 0 Å². The molecule has 1 atom stereocenters. The highest BCUT2D eigenvalue weighted by molar-refractivity contribution is 6.36. The zero-order valence-electron chi connectivity index (χ0n) is 22.5. The molecule has 9 nitrogen and oxygen atoms in total. The molecule has 3 heterocycles. The minimum Gasteiger partial charge on any atom is -0.489 e. The molecule has 206 valence electrons. The summed E-state index contributed by atoms with van der Waals surface area (Å²) in [6.07, 6.45) is 0.763. The van der Waals surface area contributed by atoms with Gasteiger partial charge in [0.2, 0.25) is 0 Å². The number of nitrogens with one attached hydrogen (secondary N) is 2. The first-order valence-corrected chi connectivity index (χ1v) is 13.7. The topological polar surface area (TPSA) is 111 Å². The number of para-hydroxylation sites is 1. The molecule has 1 saturated heterocycles.